The summed E-state index contributed by atoms with van der Waals surface area (Å²) in [6.07, 6.45) is 3.75. The number of benzene rings is 1. The van der Waals surface area contributed by atoms with E-state index in [9.17, 15) is 0 Å². The molecule has 1 unspecified atom stereocenters. The summed E-state index contributed by atoms with van der Waals surface area (Å²) in [6.45, 7) is 3.66. The fourth-order valence-corrected chi connectivity index (χ4v) is 3.30. The van der Waals surface area contributed by atoms with Crippen LogP contribution in [0.4, 0.5) is 0 Å². The fourth-order valence-electron chi connectivity index (χ4n) is 3.30. The summed E-state index contributed by atoms with van der Waals surface area (Å²) in [5, 5.41) is 3.47. The van der Waals surface area contributed by atoms with Crippen molar-refractivity contribution in [3.63, 3.8) is 0 Å². The molecule has 1 aromatic heterocycles. The quantitative estimate of drug-likeness (QED) is 0.868. The molecule has 25 heavy (non-hydrogen) atoms. The molecular weight excluding hydrogens is 318 g/mol. The number of ether oxygens (including phenoxy) is 3. The molecule has 1 N–H and O–H groups in total. The molecule has 2 aromatic rings. The lowest BCUT2D eigenvalue weighted by molar-refractivity contribution is 0.153. The van der Waals surface area contributed by atoms with Crippen LogP contribution in [-0.4, -0.2) is 50.8 Å². The maximum atomic E-state index is 5.47. The third-order valence-electron chi connectivity index (χ3n) is 4.53. The number of methoxy groups -OCH3 is 3. The minimum Gasteiger partial charge on any atom is -0.493 e. The molecule has 0 saturated carbocycles. The highest BCUT2D eigenvalue weighted by molar-refractivity contribution is 5.53. The summed E-state index contributed by atoms with van der Waals surface area (Å²) in [5.41, 5.74) is 2.35. The standard InChI is InChI=1S/C19H25N3O3/c1-23-17-9-14(10-18(24-2)19(17)25-3)13-22-8-7-21-12-16(22)15-5-4-6-20-11-15/h4-6,9-11,16,21H,7-8,12-13H2,1-3H3. The molecule has 1 aliphatic rings. The maximum absolute atomic E-state index is 5.47. The molecule has 2 heterocycles. The van der Waals surface area contributed by atoms with Gasteiger partial charge < -0.3 is 19.5 Å². The molecule has 1 aromatic carbocycles. The van der Waals surface area contributed by atoms with E-state index in [0.717, 1.165) is 31.7 Å². The van der Waals surface area contributed by atoms with Crippen LogP contribution < -0.4 is 19.5 Å². The van der Waals surface area contributed by atoms with E-state index in [1.165, 1.54) is 5.56 Å². The second-order valence-electron chi connectivity index (χ2n) is 6.01. The van der Waals surface area contributed by atoms with E-state index < -0.39 is 0 Å². The maximum Gasteiger partial charge on any atom is 0.203 e. The Hall–Kier alpha value is -2.31. The van der Waals surface area contributed by atoms with Crippen LogP contribution in [0.5, 0.6) is 17.2 Å². The van der Waals surface area contributed by atoms with Gasteiger partial charge in [-0.3, -0.25) is 9.88 Å². The molecule has 6 nitrogen and oxygen atoms in total. The van der Waals surface area contributed by atoms with Crippen LogP contribution in [0.3, 0.4) is 0 Å². The molecule has 0 aliphatic carbocycles. The number of rotatable bonds is 6. The van der Waals surface area contributed by atoms with E-state index in [2.05, 4.69) is 21.3 Å². The molecule has 0 spiro atoms. The van der Waals surface area contributed by atoms with Crippen LogP contribution in [0, 0.1) is 0 Å². The van der Waals surface area contributed by atoms with E-state index in [4.69, 9.17) is 14.2 Å². The lowest BCUT2D eigenvalue weighted by atomic mass is 10.0. The summed E-state index contributed by atoms with van der Waals surface area (Å²) in [6, 6.07) is 8.45. The summed E-state index contributed by atoms with van der Waals surface area (Å²) in [7, 11) is 4.91. The number of nitrogens with one attached hydrogen (secondary N) is 1. The molecule has 0 bridgehead atoms. The van der Waals surface area contributed by atoms with Gasteiger partial charge in [-0.25, -0.2) is 0 Å². The number of hydrogen-bond donors (Lipinski definition) is 1. The first-order valence-electron chi connectivity index (χ1n) is 8.40. The third-order valence-corrected chi connectivity index (χ3v) is 4.53. The van der Waals surface area contributed by atoms with E-state index in [1.807, 2.05) is 30.6 Å². The number of aromatic nitrogens is 1. The van der Waals surface area contributed by atoms with Crippen LogP contribution >= 0.6 is 0 Å². The van der Waals surface area contributed by atoms with Gasteiger partial charge in [-0.05, 0) is 29.3 Å². The van der Waals surface area contributed by atoms with Crippen LogP contribution in [0.25, 0.3) is 0 Å². The molecule has 134 valence electrons. The Morgan fingerprint density at radius 1 is 1.16 bits per heavy atom. The van der Waals surface area contributed by atoms with Crippen LogP contribution in [0.1, 0.15) is 17.2 Å². The highest BCUT2D eigenvalue weighted by Gasteiger charge is 2.25. The van der Waals surface area contributed by atoms with Crippen molar-refractivity contribution in [2.24, 2.45) is 0 Å². The van der Waals surface area contributed by atoms with Gasteiger partial charge >= 0.3 is 0 Å². The third kappa shape index (κ3) is 3.86. The van der Waals surface area contributed by atoms with Gasteiger partial charge in [0.2, 0.25) is 5.75 Å². The van der Waals surface area contributed by atoms with Gasteiger partial charge in [0.05, 0.1) is 21.3 Å². The first-order valence-corrected chi connectivity index (χ1v) is 8.40. The average Bonchev–Trinajstić information content (AvgIpc) is 2.68. The van der Waals surface area contributed by atoms with Crippen LogP contribution in [0.2, 0.25) is 0 Å². The number of hydrogen-bond acceptors (Lipinski definition) is 6. The van der Waals surface area contributed by atoms with Crippen molar-refractivity contribution in [1.82, 2.24) is 15.2 Å². The SMILES string of the molecule is COc1cc(CN2CCNCC2c2cccnc2)cc(OC)c1OC. The second kappa shape index (κ2) is 8.18. The van der Waals surface area contributed by atoms with Crippen molar-refractivity contribution in [3.8, 4) is 17.2 Å². The zero-order valence-corrected chi connectivity index (χ0v) is 15.0. The molecule has 3 rings (SSSR count). The zero-order chi connectivity index (χ0) is 17.6. The lowest BCUT2D eigenvalue weighted by Crippen LogP contribution is -2.45. The van der Waals surface area contributed by atoms with Gasteiger partial charge in [0, 0.05) is 44.6 Å². The van der Waals surface area contributed by atoms with Gasteiger partial charge in [-0.15, -0.1) is 0 Å². The van der Waals surface area contributed by atoms with Crippen molar-refractivity contribution in [2.45, 2.75) is 12.6 Å². The highest BCUT2D eigenvalue weighted by atomic mass is 16.5. The fraction of sp³-hybridized carbons (Fsp3) is 0.421. The Kier molecular flexibility index (Phi) is 5.73. The highest BCUT2D eigenvalue weighted by Crippen LogP contribution is 2.39. The van der Waals surface area contributed by atoms with Crippen molar-refractivity contribution in [1.29, 1.82) is 0 Å². The number of piperazine rings is 1. The summed E-state index contributed by atoms with van der Waals surface area (Å²) in [4.78, 5) is 6.72. The van der Waals surface area contributed by atoms with Crippen molar-refractivity contribution >= 4 is 0 Å². The summed E-state index contributed by atoms with van der Waals surface area (Å²) in [5.74, 6) is 1.99. The Balaban J connectivity index is 1.87. The zero-order valence-electron chi connectivity index (χ0n) is 15.0. The Morgan fingerprint density at radius 3 is 2.52 bits per heavy atom. The molecule has 0 radical (unpaired) electrons. The number of nitrogens with zero attached hydrogens (tertiary/aromatic N) is 2. The van der Waals surface area contributed by atoms with E-state index >= 15 is 0 Å². The van der Waals surface area contributed by atoms with Gasteiger partial charge in [-0.2, -0.15) is 0 Å². The first-order chi connectivity index (χ1) is 12.3. The summed E-state index contributed by atoms with van der Waals surface area (Å²) < 4.78 is 16.4. The Bertz CT molecular complexity index is 669. The molecule has 0 amide bonds. The minimum atomic E-state index is 0.293. The average molecular weight is 343 g/mol. The van der Waals surface area contributed by atoms with Crippen molar-refractivity contribution < 1.29 is 14.2 Å². The smallest absolute Gasteiger partial charge is 0.203 e. The lowest BCUT2D eigenvalue weighted by Gasteiger charge is -2.36. The van der Waals surface area contributed by atoms with Crippen LogP contribution in [-0.2, 0) is 6.54 Å². The van der Waals surface area contributed by atoms with Gasteiger partial charge in [0.15, 0.2) is 11.5 Å². The molecule has 6 heteroatoms. The Morgan fingerprint density at radius 2 is 1.92 bits per heavy atom. The molecule has 1 saturated heterocycles. The first kappa shape index (κ1) is 17.5. The molecular formula is C19H25N3O3. The van der Waals surface area contributed by atoms with Gasteiger partial charge in [0.25, 0.3) is 0 Å². The molecule has 1 atom stereocenters. The van der Waals surface area contributed by atoms with Crippen molar-refractivity contribution in [2.75, 3.05) is 41.0 Å². The number of pyridine rings is 1. The predicted octanol–water partition coefficient (Wildman–Crippen LogP) is 2.25. The molecule has 1 fully saturated rings. The largest absolute Gasteiger partial charge is 0.493 e. The second-order valence-corrected chi connectivity index (χ2v) is 6.01. The Labute approximate surface area is 148 Å². The van der Waals surface area contributed by atoms with E-state index in [-0.39, 0.29) is 0 Å². The van der Waals surface area contributed by atoms with Gasteiger partial charge in [0.1, 0.15) is 0 Å². The topological polar surface area (TPSA) is 55.9 Å². The predicted molar refractivity (Wildman–Crippen MR) is 96.4 cm³/mol. The minimum absolute atomic E-state index is 0.293. The van der Waals surface area contributed by atoms with Crippen LogP contribution in [0.15, 0.2) is 36.7 Å². The van der Waals surface area contributed by atoms with Crippen molar-refractivity contribution in [3.05, 3.63) is 47.8 Å². The molecule has 1 aliphatic heterocycles. The van der Waals surface area contributed by atoms with E-state index in [1.54, 1.807) is 21.3 Å². The van der Waals surface area contributed by atoms with Gasteiger partial charge in [-0.1, -0.05) is 6.07 Å². The van der Waals surface area contributed by atoms with E-state index in [0.29, 0.717) is 23.3 Å². The summed E-state index contributed by atoms with van der Waals surface area (Å²) >= 11 is 0. The monoisotopic (exact) mass is 343 g/mol. The normalized spacial score (nSPS) is 18.0.